The summed E-state index contributed by atoms with van der Waals surface area (Å²) in [7, 11) is 0. The minimum atomic E-state index is -0.117. The zero-order valence-electron chi connectivity index (χ0n) is 17.7. The molecule has 1 aliphatic heterocycles. The zero-order chi connectivity index (χ0) is 21.6. The number of hydrogen-bond donors (Lipinski definition) is 1. The van der Waals surface area contributed by atoms with Gasteiger partial charge in [0.2, 0.25) is 0 Å². The summed E-state index contributed by atoms with van der Waals surface area (Å²) in [6.45, 7) is 5.17. The summed E-state index contributed by atoms with van der Waals surface area (Å²) in [6, 6.07) is 18.4. The van der Waals surface area contributed by atoms with Crippen LogP contribution >= 0.6 is 15.9 Å². The van der Waals surface area contributed by atoms with Crippen LogP contribution in [0.2, 0.25) is 0 Å². The predicted molar refractivity (Wildman–Crippen MR) is 131 cm³/mol. The van der Waals surface area contributed by atoms with Gasteiger partial charge in [0.25, 0.3) is 5.56 Å². The van der Waals surface area contributed by atoms with Crippen molar-refractivity contribution < 1.29 is 0 Å². The molecule has 0 amide bonds. The lowest BCUT2D eigenvalue weighted by molar-refractivity contribution is 0.236. The lowest BCUT2D eigenvalue weighted by Gasteiger charge is -2.32. The van der Waals surface area contributed by atoms with Crippen molar-refractivity contribution in [3.63, 3.8) is 0 Å². The van der Waals surface area contributed by atoms with Crippen LogP contribution in [-0.4, -0.2) is 40.1 Å². The Hall–Kier alpha value is -2.70. The number of hydrogen-bond acceptors (Lipinski definition) is 4. The van der Waals surface area contributed by atoms with Crippen molar-refractivity contribution in [3.8, 4) is 5.69 Å². The maximum atomic E-state index is 12.9. The molecule has 0 bridgehead atoms. The molecule has 4 rings (SSSR count). The molecule has 2 heterocycles. The number of rotatable bonds is 6. The van der Waals surface area contributed by atoms with Gasteiger partial charge in [0.15, 0.2) is 5.82 Å². The lowest BCUT2D eigenvalue weighted by atomic mass is 10.0. The van der Waals surface area contributed by atoms with E-state index < -0.39 is 0 Å². The van der Waals surface area contributed by atoms with Crippen LogP contribution in [-0.2, 0) is 0 Å². The predicted octanol–water partition coefficient (Wildman–Crippen LogP) is 4.97. The standard InChI is InChI=1S/C25H27BrN4O/c1-19(17-20-5-3-2-4-6-20)18-29-14-11-22(12-15-29)28-24-25(31)30(16-13-27-24)23-9-7-21(26)8-10-23/h2-10,13,16-17,22H,11-12,14-15,18H2,1H3,(H,27,28)/b19-17+. The molecule has 160 valence electrons. The molecule has 0 unspecified atom stereocenters. The number of nitrogens with zero attached hydrogens (tertiary/aromatic N) is 3. The summed E-state index contributed by atoms with van der Waals surface area (Å²) in [5.74, 6) is 0.420. The van der Waals surface area contributed by atoms with Crippen molar-refractivity contribution in [2.45, 2.75) is 25.8 Å². The highest BCUT2D eigenvalue weighted by atomic mass is 79.9. The van der Waals surface area contributed by atoms with Crippen LogP contribution in [0.1, 0.15) is 25.3 Å². The van der Waals surface area contributed by atoms with Gasteiger partial charge in [-0.1, -0.05) is 57.9 Å². The second-order valence-electron chi connectivity index (χ2n) is 8.02. The van der Waals surface area contributed by atoms with E-state index in [0.717, 1.165) is 42.6 Å². The molecule has 2 aromatic carbocycles. The van der Waals surface area contributed by atoms with Crippen molar-refractivity contribution in [3.05, 3.63) is 93.0 Å². The fourth-order valence-corrected chi connectivity index (χ4v) is 4.24. The topological polar surface area (TPSA) is 50.2 Å². The average molecular weight is 479 g/mol. The Kier molecular flexibility index (Phi) is 6.99. The van der Waals surface area contributed by atoms with Crippen LogP contribution in [0.4, 0.5) is 5.82 Å². The van der Waals surface area contributed by atoms with Crippen LogP contribution in [0, 0.1) is 0 Å². The Morgan fingerprint density at radius 2 is 1.84 bits per heavy atom. The number of anilines is 1. The summed E-state index contributed by atoms with van der Waals surface area (Å²) >= 11 is 3.43. The number of nitrogens with one attached hydrogen (secondary N) is 1. The second kappa shape index (κ2) is 10.1. The maximum Gasteiger partial charge on any atom is 0.297 e. The monoisotopic (exact) mass is 478 g/mol. The Bertz CT molecular complexity index is 1080. The highest BCUT2D eigenvalue weighted by molar-refractivity contribution is 9.10. The van der Waals surface area contributed by atoms with Crippen LogP contribution in [0.25, 0.3) is 11.8 Å². The van der Waals surface area contributed by atoms with Crippen molar-refractivity contribution in [1.82, 2.24) is 14.5 Å². The normalized spacial score (nSPS) is 15.7. The molecule has 0 spiro atoms. The minimum absolute atomic E-state index is 0.117. The van der Waals surface area contributed by atoms with Gasteiger partial charge in [0.05, 0.1) is 0 Å². The summed E-state index contributed by atoms with van der Waals surface area (Å²) in [4.78, 5) is 19.7. The Balaban J connectivity index is 1.35. The van der Waals surface area contributed by atoms with Gasteiger partial charge < -0.3 is 5.32 Å². The van der Waals surface area contributed by atoms with Gasteiger partial charge in [0.1, 0.15) is 0 Å². The highest BCUT2D eigenvalue weighted by Crippen LogP contribution is 2.17. The molecule has 1 saturated heterocycles. The molecule has 31 heavy (non-hydrogen) atoms. The minimum Gasteiger partial charge on any atom is -0.363 e. The van der Waals surface area contributed by atoms with E-state index >= 15 is 0 Å². The SMILES string of the molecule is C/C(=C\c1ccccc1)CN1CCC(Nc2nccn(-c3ccc(Br)cc3)c2=O)CC1. The van der Waals surface area contributed by atoms with Crippen LogP contribution in [0.3, 0.4) is 0 Å². The van der Waals surface area contributed by atoms with E-state index in [-0.39, 0.29) is 11.6 Å². The molecule has 3 aromatic rings. The highest BCUT2D eigenvalue weighted by Gasteiger charge is 2.20. The molecular weight excluding hydrogens is 452 g/mol. The van der Waals surface area contributed by atoms with E-state index in [1.54, 1.807) is 17.0 Å². The lowest BCUT2D eigenvalue weighted by Crippen LogP contribution is -2.41. The van der Waals surface area contributed by atoms with Crippen molar-refractivity contribution in [1.29, 1.82) is 0 Å². The molecule has 0 aliphatic carbocycles. The van der Waals surface area contributed by atoms with Gasteiger partial charge in [0, 0.05) is 48.2 Å². The van der Waals surface area contributed by atoms with Crippen LogP contribution in [0.5, 0.6) is 0 Å². The van der Waals surface area contributed by atoms with Gasteiger partial charge in [-0.2, -0.15) is 0 Å². The van der Waals surface area contributed by atoms with Gasteiger partial charge in [-0.3, -0.25) is 14.3 Å². The van der Waals surface area contributed by atoms with Crippen molar-refractivity contribution >= 4 is 27.8 Å². The number of aromatic nitrogens is 2. The van der Waals surface area contributed by atoms with E-state index in [2.05, 4.69) is 68.4 Å². The third-order valence-electron chi connectivity index (χ3n) is 5.56. The molecule has 1 N–H and O–H groups in total. The average Bonchev–Trinajstić information content (AvgIpc) is 2.78. The zero-order valence-corrected chi connectivity index (χ0v) is 19.3. The summed E-state index contributed by atoms with van der Waals surface area (Å²) < 4.78 is 2.62. The van der Waals surface area contributed by atoms with E-state index in [0.29, 0.717) is 5.82 Å². The maximum absolute atomic E-state index is 12.9. The van der Waals surface area contributed by atoms with Crippen LogP contribution in [0.15, 0.2) is 81.8 Å². The molecule has 0 atom stereocenters. The fourth-order valence-electron chi connectivity index (χ4n) is 3.98. The molecule has 1 fully saturated rings. The largest absolute Gasteiger partial charge is 0.363 e. The first-order chi connectivity index (χ1) is 15.1. The first-order valence-corrected chi connectivity index (χ1v) is 11.4. The Morgan fingerprint density at radius 1 is 1.13 bits per heavy atom. The van der Waals surface area contributed by atoms with Crippen molar-refractivity contribution in [2.24, 2.45) is 0 Å². The quantitative estimate of drug-likeness (QED) is 0.542. The summed E-state index contributed by atoms with van der Waals surface area (Å²) in [6.07, 6.45) is 7.63. The van der Waals surface area contributed by atoms with E-state index in [1.807, 2.05) is 30.3 Å². The Labute approximate surface area is 191 Å². The summed E-state index contributed by atoms with van der Waals surface area (Å²) in [5, 5.41) is 3.39. The molecule has 0 saturated carbocycles. The molecular formula is C25H27BrN4O. The van der Waals surface area contributed by atoms with Crippen LogP contribution < -0.4 is 10.9 Å². The number of benzene rings is 2. The molecule has 1 aliphatic rings. The van der Waals surface area contributed by atoms with Gasteiger partial charge >= 0.3 is 0 Å². The van der Waals surface area contributed by atoms with E-state index in [4.69, 9.17) is 0 Å². The number of likely N-dealkylation sites (tertiary alicyclic amines) is 1. The summed E-state index contributed by atoms with van der Waals surface area (Å²) in [5.41, 5.74) is 3.32. The molecule has 1 aromatic heterocycles. The van der Waals surface area contributed by atoms with Gasteiger partial charge in [-0.15, -0.1) is 0 Å². The van der Waals surface area contributed by atoms with Gasteiger partial charge in [-0.05, 0) is 49.6 Å². The molecule has 6 heteroatoms. The van der Waals surface area contributed by atoms with E-state index in [1.165, 1.54) is 11.1 Å². The molecule has 0 radical (unpaired) electrons. The molecule has 5 nitrogen and oxygen atoms in total. The fraction of sp³-hybridized carbons (Fsp3) is 0.280. The second-order valence-corrected chi connectivity index (χ2v) is 8.94. The third kappa shape index (κ3) is 5.71. The number of piperidine rings is 1. The van der Waals surface area contributed by atoms with Crippen molar-refractivity contribution in [2.75, 3.05) is 25.0 Å². The first-order valence-electron chi connectivity index (χ1n) is 10.6. The third-order valence-corrected chi connectivity index (χ3v) is 6.09. The smallest absolute Gasteiger partial charge is 0.297 e. The van der Waals surface area contributed by atoms with E-state index in [9.17, 15) is 4.79 Å². The van der Waals surface area contributed by atoms with Gasteiger partial charge in [-0.25, -0.2) is 4.98 Å². The Morgan fingerprint density at radius 3 is 2.55 bits per heavy atom. The first kappa shape index (κ1) is 21.5. The number of halogens is 1.